The van der Waals surface area contributed by atoms with Crippen LogP contribution in [-0.2, 0) is 4.74 Å². The molecule has 1 fully saturated rings. The number of carbonyl (C=O) groups excluding carboxylic acids is 1. The number of hydrogen-bond donors (Lipinski definition) is 0. The highest BCUT2D eigenvalue weighted by atomic mass is 16.5. The fraction of sp³-hybridized carbons (Fsp3) is 0.526. The van der Waals surface area contributed by atoms with E-state index in [0.717, 1.165) is 17.1 Å². The van der Waals surface area contributed by atoms with Crippen LogP contribution in [0.25, 0.3) is 0 Å². The van der Waals surface area contributed by atoms with Crippen molar-refractivity contribution in [2.24, 2.45) is 0 Å². The summed E-state index contributed by atoms with van der Waals surface area (Å²) in [5.41, 5.74) is 1.71. The first-order chi connectivity index (χ1) is 12.4. The molecule has 0 aliphatic carbocycles. The third-order valence-electron chi connectivity index (χ3n) is 4.26. The lowest BCUT2D eigenvalue weighted by Gasteiger charge is -2.32. The summed E-state index contributed by atoms with van der Waals surface area (Å²) in [5.74, 6) is 1.80. The highest BCUT2D eigenvalue weighted by Crippen LogP contribution is 2.18. The van der Waals surface area contributed by atoms with Crippen LogP contribution in [0.3, 0.4) is 0 Å². The molecule has 1 aliphatic rings. The quantitative estimate of drug-likeness (QED) is 0.817. The smallest absolute Gasteiger partial charge is 0.289 e. The van der Waals surface area contributed by atoms with Crippen LogP contribution >= 0.6 is 0 Å². The summed E-state index contributed by atoms with van der Waals surface area (Å²) in [5, 5.41) is 0. The second kappa shape index (κ2) is 7.86. The predicted molar refractivity (Wildman–Crippen MR) is 95.4 cm³/mol. The average molecular weight is 359 g/mol. The maximum absolute atomic E-state index is 12.6. The standard InChI is InChI=1S/C19H25N3O4/c1-12(2)18-20-14(4)9-16(21-18)26-11-15-10-22(6-8-24-15)19(23)17-13(3)5-7-25-17/h5,7,9,12,15H,6,8,10-11H2,1-4H3. The van der Waals surface area contributed by atoms with Crippen LogP contribution in [0.2, 0.25) is 0 Å². The van der Waals surface area contributed by atoms with Crippen molar-refractivity contribution in [3.63, 3.8) is 0 Å². The van der Waals surface area contributed by atoms with Crippen LogP contribution in [0, 0.1) is 13.8 Å². The first-order valence-electron chi connectivity index (χ1n) is 8.87. The molecule has 7 nitrogen and oxygen atoms in total. The van der Waals surface area contributed by atoms with Gasteiger partial charge in [0.05, 0.1) is 19.4 Å². The van der Waals surface area contributed by atoms with Crippen molar-refractivity contribution in [2.75, 3.05) is 26.3 Å². The summed E-state index contributed by atoms with van der Waals surface area (Å²) < 4.78 is 16.9. The Bertz CT molecular complexity index is 772. The molecule has 1 atom stereocenters. The van der Waals surface area contributed by atoms with E-state index in [1.807, 2.05) is 33.8 Å². The Morgan fingerprint density at radius 1 is 1.38 bits per heavy atom. The van der Waals surface area contributed by atoms with Gasteiger partial charge in [-0.3, -0.25) is 4.79 Å². The number of furan rings is 1. The van der Waals surface area contributed by atoms with Gasteiger partial charge in [-0.25, -0.2) is 4.98 Å². The molecule has 1 saturated heterocycles. The van der Waals surface area contributed by atoms with E-state index in [1.54, 1.807) is 11.0 Å². The van der Waals surface area contributed by atoms with Crippen molar-refractivity contribution in [3.8, 4) is 5.88 Å². The molecule has 2 aromatic rings. The van der Waals surface area contributed by atoms with Crippen molar-refractivity contribution in [2.45, 2.75) is 39.7 Å². The summed E-state index contributed by atoms with van der Waals surface area (Å²) in [4.78, 5) is 23.2. The van der Waals surface area contributed by atoms with Crippen LogP contribution < -0.4 is 4.74 Å². The number of hydrogen-bond acceptors (Lipinski definition) is 6. The minimum atomic E-state index is -0.208. The minimum Gasteiger partial charge on any atom is -0.475 e. The minimum absolute atomic E-state index is 0.110. The zero-order valence-electron chi connectivity index (χ0n) is 15.7. The lowest BCUT2D eigenvalue weighted by atomic mass is 10.2. The summed E-state index contributed by atoms with van der Waals surface area (Å²) in [6, 6.07) is 3.60. The predicted octanol–water partition coefficient (Wildman–Crippen LogP) is 2.73. The van der Waals surface area contributed by atoms with Gasteiger partial charge in [-0.2, -0.15) is 4.98 Å². The van der Waals surface area contributed by atoms with Gasteiger partial charge in [0.2, 0.25) is 5.88 Å². The van der Waals surface area contributed by atoms with Crippen molar-refractivity contribution in [1.29, 1.82) is 0 Å². The van der Waals surface area contributed by atoms with Gasteiger partial charge in [-0.1, -0.05) is 13.8 Å². The number of aromatic nitrogens is 2. The molecule has 3 rings (SSSR count). The number of rotatable bonds is 5. The fourth-order valence-corrected chi connectivity index (χ4v) is 2.81. The Labute approximate surface area is 153 Å². The fourth-order valence-electron chi connectivity index (χ4n) is 2.81. The second-order valence-corrected chi connectivity index (χ2v) is 6.85. The number of morpholine rings is 1. The molecule has 0 bridgehead atoms. The number of ether oxygens (including phenoxy) is 2. The highest BCUT2D eigenvalue weighted by molar-refractivity contribution is 5.92. The van der Waals surface area contributed by atoms with E-state index in [2.05, 4.69) is 9.97 Å². The van der Waals surface area contributed by atoms with E-state index in [1.165, 1.54) is 6.26 Å². The molecule has 1 aliphatic heterocycles. The Hall–Kier alpha value is -2.41. The Kier molecular flexibility index (Phi) is 5.56. The topological polar surface area (TPSA) is 77.7 Å². The molecule has 1 amide bonds. The van der Waals surface area contributed by atoms with E-state index in [4.69, 9.17) is 13.9 Å². The van der Waals surface area contributed by atoms with Crippen molar-refractivity contribution < 1.29 is 18.7 Å². The van der Waals surface area contributed by atoms with Gasteiger partial charge in [0.1, 0.15) is 18.5 Å². The monoisotopic (exact) mass is 359 g/mol. The molecule has 7 heteroatoms. The zero-order chi connectivity index (χ0) is 18.7. The van der Waals surface area contributed by atoms with Gasteiger partial charge in [-0.05, 0) is 19.9 Å². The highest BCUT2D eigenvalue weighted by Gasteiger charge is 2.28. The van der Waals surface area contributed by atoms with Crippen LogP contribution in [-0.4, -0.2) is 53.2 Å². The SMILES string of the molecule is Cc1cc(OCC2CN(C(=O)c3occc3C)CCO2)nc(C(C)C)n1. The van der Waals surface area contributed by atoms with Gasteiger partial charge < -0.3 is 18.8 Å². The third-order valence-corrected chi connectivity index (χ3v) is 4.26. The van der Waals surface area contributed by atoms with E-state index in [0.29, 0.717) is 37.9 Å². The molecule has 3 heterocycles. The Morgan fingerprint density at radius 3 is 2.88 bits per heavy atom. The van der Waals surface area contributed by atoms with E-state index in [9.17, 15) is 4.79 Å². The molecular weight excluding hydrogens is 334 g/mol. The van der Waals surface area contributed by atoms with Gasteiger partial charge in [-0.15, -0.1) is 0 Å². The third kappa shape index (κ3) is 4.22. The van der Waals surface area contributed by atoms with Crippen molar-refractivity contribution in [1.82, 2.24) is 14.9 Å². The molecule has 0 spiro atoms. The Morgan fingerprint density at radius 2 is 2.19 bits per heavy atom. The zero-order valence-corrected chi connectivity index (χ0v) is 15.7. The number of amides is 1. The maximum Gasteiger partial charge on any atom is 0.289 e. The number of nitrogens with zero attached hydrogens (tertiary/aromatic N) is 3. The molecular formula is C19H25N3O4. The van der Waals surface area contributed by atoms with Crippen LogP contribution in [0.15, 0.2) is 22.8 Å². The molecule has 1 unspecified atom stereocenters. The lowest BCUT2D eigenvalue weighted by molar-refractivity contribution is -0.0414. The van der Waals surface area contributed by atoms with Crippen LogP contribution in [0.1, 0.15) is 47.4 Å². The van der Waals surface area contributed by atoms with Gasteiger partial charge in [0.25, 0.3) is 5.91 Å². The molecule has 26 heavy (non-hydrogen) atoms. The second-order valence-electron chi connectivity index (χ2n) is 6.85. The van der Waals surface area contributed by atoms with Crippen molar-refractivity contribution in [3.05, 3.63) is 41.2 Å². The van der Waals surface area contributed by atoms with E-state index in [-0.39, 0.29) is 17.9 Å². The molecule has 0 aromatic carbocycles. The molecule has 2 aromatic heterocycles. The van der Waals surface area contributed by atoms with Gasteiger partial charge in [0, 0.05) is 29.8 Å². The maximum atomic E-state index is 12.6. The van der Waals surface area contributed by atoms with Gasteiger partial charge >= 0.3 is 0 Å². The summed E-state index contributed by atoms with van der Waals surface area (Å²) in [6.45, 7) is 9.67. The van der Waals surface area contributed by atoms with E-state index >= 15 is 0 Å². The molecule has 0 saturated carbocycles. The normalized spacial score (nSPS) is 17.6. The van der Waals surface area contributed by atoms with E-state index < -0.39 is 0 Å². The number of aryl methyl sites for hydroxylation is 2. The summed E-state index contributed by atoms with van der Waals surface area (Å²) in [7, 11) is 0. The first-order valence-corrected chi connectivity index (χ1v) is 8.87. The van der Waals surface area contributed by atoms with Crippen molar-refractivity contribution >= 4 is 5.91 Å². The molecule has 0 radical (unpaired) electrons. The summed E-state index contributed by atoms with van der Waals surface area (Å²) >= 11 is 0. The summed E-state index contributed by atoms with van der Waals surface area (Å²) in [6.07, 6.45) is 1.33. The molecule has 0 N–H and O–H groups in total. The lowest BCUT2D eigenvalue weighted by Crippen LogP contribution is -2.47. The van der Waals surface area contributed by atoms with Crippen LogP contribution in [0.5, 0.6) is 5.88 Å². The molecule has 140 valence electrons. The van der Waals surface area contributed by atoms with Crippen LogP contribution in [0.4, 0.5) is 0 Å². The largest absolute Gasteiger partial charge is 0.475 e. The number of carbonyl (C=O) groups is 1. The average Bonchev–Trinajstić information content (AvgIpc) is 3.05. The Balaban J connectivity index is 1.61. The first kappa shape index (κ1) is 18.4. The van der Waals surface area contributed by atoms with Gasteiger partial charge in [0.15, 0.2) is 5.76 Å².